The molecule has 0 radical (unpaired) electrons. The van der Waals surface area contributed by atoms with Crippen LogP contribution in [0.2, 0.25) is 0 Å². The maximum atomic E-state index is 2.27. The van der Waals surface area contributed by atoms with E-state index in [4.69, 9.17) is 0 Å². The Morgan fingerprint density at radius 1 is 0.567 bits per heavy atom. The summed E-state index contributed by atoms with van der Waals surface area (Å²) in [7, 11) is 0. The fraction of sp³-hybridized carbons (Fsp3) is 0.448. The number of aryl methyl sites for hydroxylation is 1. The van der Waals surface area contributed by atoms with Gasteiger partial charge in [0.1, 0.15) is 0 Å². The molecule has 164 valence electrons. The quantitative estimate of drug-likeness (QED) is 0.356. The van der Waals surface area contributed by atoms with Crippen LogP contribution in [-0.4, -0.2) is 0 Å². The monoisotopic (exact) mass is 422 g/mol. The molecule has 1 heterocycles. The van der Waals surface area contributed by atoms with Crippen LogP contribution >= 0.6 is 11.3 Å². The molecular formula is C29H42S. The van der Waals surface area contributed by atoms with Crippen molar-refractivity contribution >= 4 is 11.3 Å². The molecule has 0 spiro atoms. The Morgan fingerprint density at radius 3 is 1.53 bits per heavy atom. The summed E-state index contributed by atoms with van der Waals surface area (Å²) in [6.45, 7) is 13.5. The molecule has 0 saturated heterocycles. The van der Waals surface area contributed by atoms with Crippen molar-refractivity contribution in [2.45, 2.75) is 67.2 Å². The molecule has 3 rings (SSSR count). The lowest BCUT2D eigenvalue weighted by molar-refractivity contribution is 0.587. The average Bonchev–Trinajstić information content (AvgIpc) is 3.21. The van der Waals surface area contributed by atoms with Crippen LogP contribution in [0.5, 0.6) is 0 Å². The standard InChI is InChI=1S/C11H16.C10H14.C8H12S/c1-10(2)8-9-11-6-4-3-5-7-11;1-9(2)8-10-6-4-3-5-7-10;1-7(2)6-8-4-3-5-9-8/h3-7,10H,8-9H2,1-2H3;3-7,9H,8H2,1-2H3;3-5,7H,6H2,1-2H3. The minimum absolute atomic E-state index is 0.766. The highest BCUT2D eigenvalue weighted by molar-refractivity contribution is 7.09. The van der Waals surface area contributed by atoms with Crippen molar-refractivity contribution in [3.05, 3.63) is 94.2 Å². The molecule has 0 saturated carbocycles. The van der Waals surface area contributed by atoms with E-state index < -0.39 is 0 Å². The summed E-state index contributed by atoms with van der Waals surface area (Å²) in [5.74, 6) is 2.38. The summed E-state index contributed by atoms with van der Waals surface area (Å²) in [6.07, 6.45) is 4.95. The summed E-state index contributed by atoms with van der Waals surface area (Å²) in [5.41, 5.74) is 2.90. The van der Waals surface area contributed by atoms with Crippen molar-refractivity contribution in [2.24, 2.45) is 17.8 Å². The second-order valence-corrected chi connectivity index (χ2v) is 10.2. The second kappa shape index (κ2) is 15.9. The van der Waals surface area contributed by atoms with Gasteiger partial charge in [0.2, 0.25) is 0 Å². The van der Waals surface area contributed by atoms with Crippen molar-refractivity contribution in [3.63, 3.8) is 0 Å². The van der Waals surface area contributed by atoms with Gasteiger partial charge in [-0.3, -0.25) is 0 Å². The smallest absolute Gasteiger partial charge is 0.00477 e. The fourth-order valence-electron chi connectivity index (χ4n) is 3.02. The first-order valence-corrected chi connectivity index (χ1v) is 12.3. The molecular weight excluding hydrogens is 380 g/mol. The van der Waals surface area contributed by atoms with E-state index in [1.165, 1.54) is 41.7 Å². The van der Waals surface area contributed by atoms with Crippen molar-refractivity contribution < 1.29 is 0 Å². The molecule has 3 aromatic rings. The van der Waals surface area contributed by atoms with Gasteiger partial charge in [0.25, 0.3) is 0 Å². The van der Waals surface area contributed by atoms with Gasteiger partial charge in [0, 0.05) is 4.88 Å². The predicted octanol–water partition coefficient (Wildman–Crippen LogP) is 9.11. The highest BCUT2D eigenvalue weighted by Gasteiger charge is 1.96. The molecule has 0 nitrogen and oxygen atoms in total. The maximum Gasteiger partial charge on any atom is 0.00477 e. The Labute approximate surface area is 190 Å². The van der Waals surface area contributed by atoms with E-state index in [-0.39, 0.29) is 0 Å². The fourth-order valence-corrected chi connectivity index (χ4v) is 3.94. The molecule has 2 aromatic carbocycles. The Morgan fingerprint density at radius 2 is 1.10 bits per heavy atom. The number of rotatable bonds is 7. The normalized spacial score (nSPS) is 10.4. The molecule has 0 fully saturated rings. The predicted molar refractivity (Wildman–Crippen MR) is 137 cm³/mol. The van der Waals surface area contributed by atoms with Gasteiger partial charge in [0.15, 0.2) is 0 Å². The Bertz CT molecular complexity index is 725. The van der Waals surface area contributed by atoms with Crippen LogP contribution in [-0.2, 0) is 19.3 Å². The second-order valence-electron chi connectivity index (χ2n) is 9.18. The summed E-state index contributed by atoms with van der Waals surface area (Å²) >= 11 is 1.85. The molecule has 0 aliphatic rings. The molecule has 0 amide bonds. The molecule has 30 heavy (non-hydrogen) atoms. The largest absolute Gasteiger partial charge is 0.149 e. The first kappa shape index (κ1) is 26.2. The van der Waals surface area contributed by atoms with E-state index >= 15 is 0 Å². The lowest BCUT2D eigenvalue weighted by Gasteiger charge is -2.03. The molecule has 0 N–H and O–H groups in total. The van der Waals surface area contributed by atoms with Crippen LogP contribution in [0.3, 0.4) is 0 Å². The van der Waals surface area contributed by atoms with Gasteiger partial charge in [-0.25, -0.2) is 0 Å². The third-order valence-electron chi connectivity index (χ3n) is 4.53. The summed E-state index contributed by atoms with van der Waals surface area (Å²) < 4.78 is 0. The topological polar surface area (TPSA) is 0 Å². The lowest BCUT2D eigenvalue weighted by Crippen LogP contribution is -1.92. The minimum Gasteiger partial charge on any atom is -0.149 e. The molecule has 1 aromatic heterocycles. The van der Waals surface area contributed by atoms with Crippen LogP contribution in [0, 0.1) is 17.8 Å². The maximum absolute atomic E-state index is 2.27. The Balaban J connectivity index is 0.000000226. The van der Waals surface area contributed by atoms with Gasteiger partial charge in [-0.15, -0.1) is 11.3 Å². The zero-order chi connectivity index (χ0) is 22.2. The summed E-state index contributed by atoms with van der Waals surface area (Å²) in [5, 5.41) is 2.14. The lowest BCUT2D eigenvalue weighted by atomic mass is 10.0. The summed E-state index contributed by atoms with van der Waals surface area (Å²) in [4.78, 5) is 1.50. The SMILES string of the molecule is CC(C)CCc1ccccc1.CC(C)Cc1ccccc1.CC(C)Cc1cccs1. The van der Waals surface area contributed by atoms with Crippen LogP contribution in [0.15, 0.2) is 78.2 Å². The van der Waals surface area contributed by atoms with Gasteiger partial charge in [-0.1, -0.05) is 108 Å². The van der Waals surface area contributed by atoms with Crippen molar-refractivity contribution in [1.29, 1.82) is 0 Å². The van der Waals surface area contributed by atoms with Crippen LogP contribution in [0.1, 0.15) is 64.0 Å². The molecule has 0 aliphatic heterocycles. The minimum atomic E-state index is 0.766. The zero-order valence-electron chi connectivity index (χ0n) is 20.0. The summed E-state index contributed by atoms with van der Waals surface area (Å²) in [6, 6.07) is 25.6. The molecule has 0 bridgehead atoms. The van der Waals surface area contributed by atoms with Gasteiger partial charge in [0.05, 0.1) is 0 Å². The van der Waals surface area contributed by atoms with Gasteiger partial charge >= 0.3 is 0 Å². The first-order valence-electron chi connectivity index (χ1n) is 11.5. The van der Waals surface area contributed by atoms with Crippen molar-refractivity contribution in [3.8, 4) is 0 Å². The Kier molecular flexibility index (Phi) is 13.9. The van der Waals surface area contributed by atoms with Crippen molar-refractivity contribution in [2.75, 3.05) is 0 Å². The van der Waals surface area contributed by atoms with E-state index in [1.54, 1.807) is 0 Å². The highest BCUT2D eigenvalue weighted by Crippen LogP contribution is 2.13. The van der Waals surface area contributed by atoms with E-state index in [0.29, 0.717) is 0 Å². The Hall–Kier alpha value is -1.86. The van der Waals surface area contributed by atoms with E-state index in [0.717, 1.165) is 17.8 Å². The number of hydrogen-bond donors (Lipinski definition) is 0. The van der Waals surface area contributed by atoms with E-state index in [1.807, 2.05) is 11.3 Å². The number of benzene rings is 2. The average molecular weight is 423 g/mol. The number of hydrogen-bond acceptors (Lipinski definition) is 1. The molecule has 1 heteroatoms. The third-order valence-corrected chi connectivity index (χ3v) is 5.43. The molecule has 0 atom stereocenters. The van der Waals surface area contributed by atoms with E-state index in [2.05, 4.69) is 120 Å². The van der Waals surface area contributed by atoms with Gasteiger partial charge in [-0.05, 0) is 66.0 Å². The number of thiophene rings is 1. The van der Waals surface area contributed by atoms with E-state index in [9.17, 15) is 0 Å². The van der Waals surface area contributed by atoms with Crippen LogP contribution < -0.4 is 0 Å². The zero-order valence-corrected chi connectivity index (χ0v) is 20.8. The van der Waals surface area contributed by atoms with Crippen molar-refractivity contribution in [1.82, 2.24) is 0 Å². The van der Waals surface area contributed by atoms with Gasteiger partial charge < -0.3 is 0 Å². The third kappa shape index (κ3) is 14.2. The molecule has 0 aliphatic carbocycles. The van der Waals surface area contributed by atoms with Gasteiger partial charge in [-0.2, -0.15) is 0 Å². The van der Waals surface area contributed by atoms with Crippen LogP contribution in [0.4, 0.5) is 0 Å². The van der Waals surface area contributed by atoms with Crippen LogP contribution in [0.25, 0.3) is 0 Å². The molecule has 0 unspecified atom stereocenters. The first-order chi connectivity index (χ1) is 14.4. The highest BCUT2D eigenvalue weighted by atomic mass is 32.1.